The standard InChI is InChI=1S/C46H77O11P/c1-3-5-7-9-11-12-13-14-15-16-17-18-19-20-23-28-32-36-46(50)56-42(40-55-58(51,52)54-38-41(48)37-47)39-53-45(49)35-31-27-24-21-22-26-30-34-44-43(57-44)33-29-25-10-8-6-4-2/h11-12,14-15,17-18,21,24-26,29-30,41-44,47-48H,3-10,13,16,19-20,22-23,27-28,31-40H2,1-2H3,(H,51,52)/b12-11-,15-14-,18-17-,24-21-,29-25-,30-26-/t41-,42+,43?,44?/m0/s1. The van der Waals surface area contributed by atoms with Crippen LogP contribution in [-0.2, 0) is 37.4 Å². The highest BCUT2D eigenvalue weighted by atomic mass is 31.2. The van der Waals surface area contributed by atoms with E-state index in [0.717, 1.165) is 70.6 Å². The van der Waals surface area contributed by atoms with Gasteiger partial charge in [-0.3, -0.25) is 18.6 Å². The fraction of sp³-hybridized carbons (Fsp3) is 0.696. The monoisotopic (exact) mass is 837 g/mol. The van der Waals surface area contributed by atoms with Crippen LogP contribution in [0.15, 0.2) is 72.9 Å². The van der Waals surface area contributed by atoms with Gasteiger partial charge in [0.2, 0.25) is 0 Å². The van der Waals surface area contributed by atoms with Crippen LogP contribution in [0.3, 0.4) is 0 Å². The molecule has 58 heavy (non-hydrogen) atoms. The first-order chi connectivity index (χ1) is 28.2. The number of rotatable bonds is 39. The first-order valence-corrected chi connectivity index (χ1v) is 23.5. The topological polar surface area (TPSA) is 161 Å². The van der Waals surface area contributed by atoms with Crippen LogP contribution in [0.5, 0.6) is 0 Å². The Hall–Kier alpha value is -2.63. The number of aliphatic hydroxyl groups excluding tert-OH is 2. The third-order valence-corrected chi connectivity index (χ3v) is 10.2. The maximum atomic E-state index is 12.6. The van der Waals surface area contributed by atoms with E-state index in [1.165, 1.54) is 38.5 Å². The van der Waals surface area contributed by atoms with Gasteiger partial charge in [-0.05, 0) is 89.9 Å². The number of phosphoric acid groups is 1. The van der Waals surface area contributed by atoms with Gasteiger partial charge in [0.15, 0.2) is 6.10 Å². The van der Waals surface area contributed by atoms with Crippen molar-refractivity contribution in [3.8, 4) is 0 Å². The molecule has 0 saturated carbocycles. The molecule has 0 aromatic carbocycles. The van der Waals surface area contributed by atoms with Gasteiger partial charge in [-0.15, -0.1) is 0 Å². The number of unbranched alkanes of at least 4 members (excludes halogenated alkanes) is 11. The van der Waals surface area contributed by atoms with E-state index in [0.29, 0.717) is 31.5 Å². The summed E-state index contributed by atoms with van der Waals surface area (Å²) in [5, 5.41) is 18.3. The van der Waals surface area contributed by atoms with Gasteiger partial charge in [0.05, 0.1) is 32.0 Å². The molecule has 0 aliphatic carbocycles. The summed E-state index contributed by atoms with van der Waals surface area (Å²) in [7, 11) is -4.65. The van der Waals surface area contributed by atoms with Crippen molar-refractivity contribution >= 4 is 19.8 Å². The summed E-state index contributed by atoms with van der Waals surface area (Å²) >= 11 is 0. The molecule has 0 bridgehead atoms. The quantitative estimate of drug-likeness (QED) is 0.0178. The van der Waals surface area contributed by atoms with Crippen molar-refractivity contribution in [2.75, 3.05) is 26.4 Å². The Morgan fingerprint density at radius 3 is 1.66 bits per heavy atom. The third kappa shape index (κ3) is 34.3. The number of phosphoric ester groups is 1. The molecule has 0 aromatic rings. The van der Waals surface area contributed by atoms with E-state index in [1.807, 2.05) is 6.08 Å². The van der Waals surface area contributed by atoms with Crippen LogP contribution in [0.4, 0.5) is 0 Å². The van der Waals surface area contributed by atoms with Crippen molar-refractivity contribution in [2.45, 2.75) is 180 Å². The van der Waals surface area contributed by atoms with Crippen LogP contribution in [0, 0.1) is 0 Å². The van der Waals surface area contributed by atoms with Crippen LogP contribution >= 0.6 is 7.82 Å². The molecule has 1 aliphatic rings. The number of allylic oxidation sites excluding steroid dienone is 10. The number of hydrogen-bond acceptors (Lipinski definition) is 10. The molecule has 0 aromatic heterocycles. The van der Waals surface area contributed by atoms with Gasteiger partial charge in [-0.25, -0.2) is 4.57 Å². The van der Waals surface area contributed by atoms with Crippen molar-refractivity contribution in [3.05, 3.63) is 72.9 Å². The summed E-state index contributed by atoms with van der Waals surface area (Å²) < 4.78 is 38.4. The van der Waals surface area contributed by atoms with E-state index in [9.17, 15) is 24.2 Å². The highest BCUT2D eigenvalue weighted by Gasteiger charge is 2.36. The van der Waals surface area contributed by atoms with Crippen molar-refractivity contribution < 1.29 is 52.5 Å². The molecule has 0 amide bonds. The fourth-order valence-corrected chi connectivity index (χ4v) is 6.47. The second kappa shape index (κ2) is 37.4. The zero-order chi connectivity index (χ0) is 42.4. The highest BCUT2D eigenvalue weighted by molar-refractivity contribution is 7.47. The van der Waals surface area contributed by atoms with Gasteiger partial charge in [-0.1, -0.05) is 125 Å². The summed E-state index contributed by atoms with van der Waals surface area (Å²) in [6.45, 7) is 2.21. The number of esters is 2. The van der Waals surface area contributed by atoms with Crippen LogP contribution in [0.1, 0.15) is 155 Å². The second-order valence-corrected chi connectivity index (χ2v) is 16.2. The molecule has 1 aliphatic heterocycles. The summed E-state index contributed by atoms with van der Waals surface area (Å²) in [6, 6.07) is 0. The van der Waals surface area contributed by atoms with E-state index in [4.69, 9.17) is 23.8 Å². The number of aliphatic hydroxyl groups is 2. The maximum absolute atomic E-state index is 12.6. The van der Waals surface area contributed by atoms with Gasteiger partial charge in [0.25, 0.3) is 0 Å². The van der Waals surface area contributed by atoms with Crippen LogP contribution in [-0.4, -0.2) is 77.9 Å². The predicted octanol–water partition coefficient (Wildman–Crippen LogP) is 10.7. The Labute approximate surface area is 350 Å². The van der Waals surface area contributed by atoms with Crippen molar-refractivity contribution in [1.29, 1.82) is 0 Å². The minimum Gasteiger partial charge on any atom is -0.462 e. The molecule has 0 radical (unpaired) electrons. The SMILES string of the molecule is CCCCC/C=C\C/C=C\C/C=C\CCCCCCC(=O)O[C@H](COC(=O)CCC/C=C\C/C=C\CC1OC1C/C=C\CCCCC)COP(=O)(O)OC[C@@H](O)CO. The van der Waals surface area contributed by atoms with E-state index < -0.39 is 51.8 Å². The van der Waals surface area contributed by atoms with Gasteiger partial charge < -0.3 is 29.3 Å². The third-order valence-electron chi connectivity index (χ3n) is 9.24. The molecule has 1 heterocycles. The van der Waals surface area contributed by atoms with Crippen LogP contribution in [0.2, 0.25) is 0 Å². The molecular weight excluding hydrogens is 759 g/mol. The summed E-state index contributed by atoms with van der Waals surface area (Å²) in [6.07, 6.45) is 44.7. The largest absolute Gasteiger partial charge is 0.472 e. The number of ether oxygens (including phenoxy) is 3. The van der Waals surface area contributed by atoms with Crippen molar-refractivity contribution in [1.82, 2.24) is 0 Å². The first-order valence-electron chi connectivity index (χ1n) is 22.0. The Morgan fingerprint density at radius 2 is 1.07 bits per heavy atom. The van der Waals surface area contributed by atoms with E-state index >= 15 is 0 Å². The number of carbonyl (C=O) groups excluding carboxylic acids is 2. The van der Waals surface area contributed by atoms with Crippen LogP contribution in [0.25, 0.3) is 0 Å². The maximum Gasteiger partial charge on any atom is 0.472 e. The fourth-order valence-electron chi connectivity index (χ4n) is 5.68. The zero-order valence-electron chi connectivity index (χ0n) is 35.7. The normalized spacial score (nSPS) is 18.0. The molecule has 3 N–H and O–H groups in total. The van der Waals surface area contributed by atoms with E-state index in [-0.39, 0.29) is 19.4 Å². The lowest BCUT2D eigenvalue weighted by Crippen LogP contribution is -2.29. The van der Waals surface area contributed by atoms with Gasteiger partial charge >= 0.3 is 19.8 Å². The number of hydrogen-bond donors (Lipinski definition) is 3. The Bertz CT molecular complexity index is 1260. The minimum atomic E-state index is -4.65. The molecule has 1 fully saturated rings. The Balaban J connectivity index is 2.31. The van der Waals surface area contributed by atoms with Crippen molar-refractivity contribution in [3.63, 3.8) is 0 Å². The molecule has 12 heteroatoms. The van der Waals surface area contributed by atoms with Gasteiger partial charge in [0, 0.05) is 12.8 Å². The summed E-state index contributed by atoms with van der Waals surface area (Å²) in [5.74, 6) is -1.03. The lowest BCUT2D eigenvalue weighted by molar-refractivity contribution is -0.161. The van der Waals surface area contributed by atoms with E-state index in [1.54, 1.807) is 0 Å². The molecular formula is C46H77O11P. The molecule has 1 saturated heterocycles. The first kappa shape index (κ1) is 53.4. The molecule has 11 nitrogen and oxygen atoms in total. The average molecular weight is 837 g/mol. The lowest BCUT2D eigenvalue weighted by atomic mass is 10.1. The molecule has 0 spiro atoms. The molecule has 5 atom stereocenters. The number of epoxide rings is 1. The van der Waals surface area contributed by atoms with Crippen LogP contribution < -0.4 is 0 Å². The number of carbonyl (C=O) groups is 2. The second-order valence-electron chi connectivity index (χ2n) is 14.7. The van der Waals surface area contributed by atoms with Crippen molar-refractivity contribution in [2.24, 2.45) is 0 Å². The van der Waals surface area contributed by atoms with Gasteiger partial charge in [0.1, 0.15) is 12.7 Å². The summed E-state index contributed by atoms with van der Waals surface area (Å²) in [5.41, 5.74) is 0. The molecule has 1 rings (SSSR count). The Kier molecular flexibility index (Phi) is 34.4. The smallest absolute Gasteiger partial charge is 0.462 e. The molecule has 332 valence electrons. The summed E-state index contributed by atoms with van der Waals surface area (Å²) in [4.78, 5) is 35.0. The highest BCUT2D eigenvalue weighted by Crippen LogP contribution is 2.43. The average Bonchev–Trinajstić information content (AvgIpc) is 3.97. The Morgan fingerprint density at radius 1 is 0.603 bits per heavy atom. The zero-order valence-corrected chi connectivity index (χ0v) is 36.6. The minimum absolute atomic E-state index is 0.140. The lowest BCUT2D eigenvalue weighted by Gasteiger charge is -2.20. The van der Waals surface area contributed by atoms with E-state index in [2.05, 4.69) is 85.2 Å². The predicted molar refractivity (Wildman–Crippen MR) is 232 cm³/mol. The van der Waals surface area contributed by atoms with Gasteiger partial charge in [-0.2, -0.15) is 0 Å². The molecule has 3 unspecified atom stereocenters.